The predicted molar refractivity (Wildman–Crippen MR) is 296 cm³/mol. The number of esters is 1. The van der Waals surface area contributed by atoms with Crippen molar-refractivity contribution >= 4 is 11.9 Å². The maximum absolute atomic E-state index is 13.3. The number of ether oxygens (including phenoxy) is 1. The number of aliphatic hydroxyl groups is 2. The van der Waals surface area contributed by atoms with Gasteiger partial charge in [0.1, 0.15) is 6.10 Å². The quantitative estimate of drug-likeness (QED) is 0.0321. The summed E-state index contributed by atoms with van der Waals surface area (Å²) in [7, 11) is 0. The van der Waals surface area contributed by atoms with Gasteiger partial charge in [0.2, 0.25) is 5.91 Å². The summed E-state index contributed by atoms with van der Waals surface area (Å²) in [5.41, 5.74) is 0. The van der Waals surface area contributed by atoms with Crippen LogP contribution in [0.3, 0.4) is 0 Å². The minimum atomic E-state index is -0.796. The summed E-state index contributed by atoms with van der Waals surface area (Å²) in [5.74, 6) is -0.494. The molecule has 0 saturated heterocycles. The number of carbonyl (C=O) groups is 2. The summed E-state index contributed by atoms with van der Waals surface area (Å²) in [6.45, 7) is 6.40. The molecule has 1 amide bonds. The highest BCUT2D eigenvalue weighted by atomic mass is 16.5. The molecule has 6 nitrogen and oxygen atoms in total. The maximum Gasteiger partial charge on any atom is 0.306 e. The molecular weight excluding hydrogens is 839 g/mol. The zero-order valence-corrected chi connectivity index (χ0v) is 45.5. The van der Waals surface area contributed by atoms with Gasteiger partial charge in [0.15, 0.2) is 0 Å². The van der Waals surface area contributed by atoms with Crippen LogP contribution in [0.25, 0.3) is 0 Å². The van der Waals surface area contributed by atoms with Gasteiger partial charge in [-0.25, -0.2) is 0 Å². The molecule has 0 aromatic rings. The van der Waals surface area contributed by atoms with Crippen LogP contribution in [0.5, 0.6) is 0 Å². The summed E-state index contributed by atoms with van der Waals surface area (Å²) in [5, 5.41) is 23.9. The van der Waals surface area contributed by atoms with Gasteiger partial charge in [0, 0.05) is 6.42 Å². The Morgan fingerprint density at radius 1 is 0.441 bits per heavy atom. The first-order chi connectivity index (χ1) is 33.5. The molecule has 0 aliphatic heterocycles. The van der Waals surface area contributed by atoms with E-state index in [-0.39, 0.29) is 24.9 Å². The molecule has 0 aliphatic rings. The molecule has 68 heavy (non-hydrogen) atoms. The number of unbranched alkanes of at least 4 members (excludes halogenated alkanes) is 34. The largest absolute Gasteiger partial charge is 0.462 e. The Labute approximate surface area is 423 Å². The van der Waals surface area contributed by atoms with Crippen LogP contribution in [0.2, 0.25) is 0 Å². The first kappa shape index (κ1) is 65.8. The van der Waals surface area contributed by atoms with Crippen molar-refractivity contribution < 1.29 is 24.5 Å². The van der Waals surface area contributed by atoms with Gasteiger partial charge in [-0.15, -0.1) is 0 Å². The molecule has 0 rings (SSSR count). The number of carbonyl (C=O) groups excluding carboxylic acids is 2. The molecule has 0 aromatic carbocycles. The second kappa shape index (κ2) is 55.7. The maximum atomic E-state index is 13.3. The zero-order chi connectivity index (χ0) is 49.5. The van der Waals surface area contributed by atoms with E-state index in [1.165, 1.54) is 167 Å². The minimum Gasteiger partial charge on any atom is -0.462 e. The van der Waals surface area contributed by atoms with Gasteiger partial charge in [-0.05, 0) is 83.5 Å². The number of nitrogens with one attached hydrogen (secondary N) is 1. The van der Waals surface area contributed by atoms with Gasteiger partial charge in [-0.2, -0.15) is 0 Å². The summed E-state index contributed by atoms with van der Waals surface area (Å²) in [6, 6.07) is -0.712. The van der Waals surface area contributed by atoms with Crippen molar-refractivity contribution in [3.05, 3.63) is 48.6 Å². The lowest BCUT2D eigenvalue weighted by molar-refractivity contribution is -0.151. The standard InChI is InChI=1S/C62H115NO5/c1-4-7-10-13-16-19-22-25-28-30-32-34-37-40-43-46-49-52-55-62(67)68-58(53-50-47-44-41-38-35-27-24-21-18-15-12-9-6-3)56-61(66)63-59(57-64)60(65)54-51-48-45-42-39-36-33-31-29-26-23-20-17-14-11-8-5-2/h9,12,18,21,27,32,34-35,58-60,64-65H,4-8,10-11,13-17,19-20,22-26,28-31,33,36-57H2,1-3H3,(H,63,66)/b12-9+,21-18+,34-32+,35-27+. The zero-order valence-electron chi connectivity index (χ0n) is 45.5. The topological polar surface area (TPSA) is 95.9 Å². The van der Waals surface area contributed by atoms with Gasteiger partial charge < -0.3 is 20.3 Å². The third kappa shape index (κ3) is 50.2. The minimum absolute atomic E-state index is 0.0607. The van der Waals surface area contributed by atoms with Crippen LogP contribution in [0.15, 0.2) is 48.6 Å². The molecule has 3 atom stereocenters. The van der Waals surface area contributed by atoms with Crippen LogP contribution in [-0.4, -0.2) is 46.9 Å². The molecule has 3 N–H and O–H groups in total. The SMILES string of the molecule is CC/C=C/C/C=C/C/C=C/CCCCCCC(CC(=O)NC(CO)C(O)CCCCCCCCCCCCCCCCCCC)OC(=O)CCCCCCC/C=C/CCCCCCCCCCC. The van der Waals surface area contributed by atoms with Crippen LogP contribution in [-0.2, 0) is 14.3 Å². The second-order valence-corrected chi connectivity index (χ2v) is 20.4. The number of amides is 1. The normalized spacial score (nSPS) is 13.4. The van der Waals surface area contributed by atoms with E-state index in [0.29, 0.717) is 19.3 Å². The molecule has 0 fully saturated rings. The van der Waals surface area contributed by atoms with E-state index in [2.05, 4.69) is 74.7 Å². The summed E-state index contributed by atoms with van der Waals surface area (Å²) in [6.07, 6.45) is 69.0. The van der Waals surface area contributed by atoms with Gasteiger partial charge in [0.25, 0.3) is 0 Å². The Morgan fingerprint density at radius 2 is 0.794 bits per heavy atom. The summed E-state index contributed by atoms with van der Waals surface area (Å²) < 4.78 is 5.95. The molecule has 0 spiro atoms. The first-order valence-electron chi connectivity index (χ1n) is 29.9. The predicted octanol–water partition coefficient (Wildman–Crippen LogP) is 18.6. The molecule has 0 aliphatic carbocycles. The molecule has 6 heteroatoms. The van der Waals surface area contributed by atoms with E-state index >= 15 is 0 Å². The molecule has 0 bridgehead atoms. The van der Waals surface area contributed by atoms with Crippen molar-refractivity contribution in [2.24, 2.45) is 0 Å². The van der Waals surface area contributed by atoms with Gasteiger partial charge in [0.05, 0.1) is 25.2 Å². The average molecular weight is 955 g/mol. The van der Waals surface area contributed by atoms with Crippen LogP contribution in [0.1, 0.15) is 310 Å². The van der Waals surface area contributed by atoms with E-state index < -0.39 is 18.2 Å². The van der Waals surface area contributed by atoms with Crippen LogP contribution in [0.4, 0.5) is 0 Å². The van der Waals surface area contributed by atoms with Crippen molar-refractivity contribution in [1.82, 2.24) is 5.32 Å². The van der Waals surface area contributed by atoms with Crippen molar-refractivity contribution in [1.29, 1.82) is 0 Å². The van der Waals surface area contributed by atoms with E-state index in [1.807, 2.05) is 0 Å². The van der Waals surface area contributed by atoms with Gasteiger partial charge in [-0.3, -0.25) is 9.59 Å². The molecule has 398 valence electrons. The van der Waals surface area contributed by atoms with Gasteiger partial charge in [-0.1, -0.05) is 262 Å². The van der Waals surface area contributed by atoms with Crippen LogP contribution >= 0.6 is 0 Å². The Kier molecular flexibility index (Phi) is 54.0. The smallest absolute Gasteiger partial charge is 0.306 e. The van der Waals surface area contributed by atoms with Crippen LogP contribution < -0.4 is 5.32 Å². The van der Waals surface area contributed by atoms with Crippen molar-refractivity contribution in [2.75, 3.05) is 6.61 Å². The Morgan fingerprint density at radius 3 is 1.22 bits per heavy atom. The van der Waals surface area contributed by atoms with Crippen LogP contribution in [0, 0.1) is 0 Å². The fraction of sp³-hybridized carbons (Fsp3) is 0.839. The van der Waals surface area contributed by atoms with E-state index in [4.69, 9.17) is 4.74 Å². The number of aliphatic hydroxyl groups excluding tert-OH is 2. The van der Waals surface area contributed by atoms with Crippen molar-refractivity contribution in [3.8, 4) is 0 Å². The Hall–Kier alpha value is -2.18. The van der Waals surface area contributed by atoms with E-state index in [9.17, 15) is 19.8 Å². The number of allylic oxidation sites excluding steroid dienone is 8. The second-order valence-electron chi connectivity index (χ2n) is 20.4. The third-order valence-corrected chi connectivity index (χ3v) is 13.6. The fourth-order valence-electron chi connectivity index (χ4n) is 9.15. The van der Waals surface area contributed by atoms with Crippen molar-refractivity contribution in [2.45, 2.75) is 328 Å². The summed E-state index contributed by atoms with van der Waals surface area (Å²) in [4.78, 5) is 26.3. The molecule has 0 aromatic heterocycles. The fourth-order valence-corrected chi connectivity index (χ4v) is 9.15. The van der Waals surface area contributed by atoms with Gasteiger partial charge >= 0.3 is 5.97 Å². The molecule has 0 radical (unpaired) electrons. The Balaban J connectivity index is 4.53. The first-order valence-corrected chi connectivity index (χ1v) is 29.9. The lowest BCUT2D eigenvalue weighted by Gasteiger charge is -2.24. The number of hydrogen-bond acceptors (Lipinski definition) is 5. The number of rotatable bonds is 54. The highest BCUT2D eigenvalue weighted by molar-refractivity contribution is 5.77. The molecule has 0 heterocycles. The molecular formula is C62H115NO5. The summed E-state index contributed by atoms with van der Waals surface area (Å²) >= 11 is 0. The van der Waals surface area contributed by atoms with E-state index in [1.54, 1.807) is 0 Å². The lowest BCUT2D eigenvalue weighted by Crippen LogP contribution is -2.46. The third-order valence-electron chi connectivity index (χ3n) is 13.6. The highest BCUT2D eigenvalue weighted by Gasteiger charge is 2.24. The molecule has 3 unspecified atom stereocenters. The average Bonchev–Trinajstić information content (AvgIpc) is 3.33. The monoisotopic (exact) mass is 954 g/mol. The lowest BCUT2D eigenvalue weighted by atomic mass is 10.0. The van der Waals surface area contributed by atoms with Crippen molar-refractivity contribution in [3.63, 3.8) is 0 Å². The molecule has 0 saturated carbocycles. The van der Waals surface area contributed by atoms with E-state index in [0.717, 1.165) is 96.3 Å². The Bertz CT molecular complexity index is 1160. The number of hydrogen-bond donors (Lipinski definition) is 3. The highest BCUT2D eigenvalue weighted by Crippen LogP contribution is 2.18.